The molecule has 1 N–H and O–H groups in total. The van der Waals surface area contributed by atoms with E-state index in [0.29, 0.717) is 49.9 Å². The van der Waals surface area contributed by atoms with Crippen LogP contribution in [0.2, 0.25) is 0 Å². The van der Waals surface area contributed by atoms with Gasteiger partial charge in [-0.15, -0.1) is 0 Å². The first kappa shape index (κ1) is 22.4. The van der Waals surface area contributed by atoms with Gasteiger partial charge in [0.15, 0.2) is 0 Å². The van der Waals surface area contributed by atoms with Crippen molar-refractivity contribution in [3.63, 3.8) is 0 Å². The molecule has 1 atom stereocenters. The van der Waals surface area contributed by atoms with Crippen LogP contribution in [-0.4, -0.2) is 62.3 Å². The fourth-order valence-electron chi connectivity index (χ4n) is 3.98. The Bertz CT molecular complexity index is 1060. The Balaban J connectivity index is 1.41. The number of nitrogens with zero attached hydrogens (tertiary/aromatic N) is 4. The van der Waals surface area contributed by atoms with Gasteiger partial charge in [-0.05, 0) is 24.6 Å². The van der Waals surface area contributed by atoms with Crippen LogP contribution in [0.15, 0.2) is 34.7 Å². The number of ether oxygens (including phenoxy) is 1. The molecule has 2 saturated heterocycles. The summed E-state index contributed by atoms with van der Waals surface area (Å²) < 4.78 is 25.5. The van der Waals surface area contributed by atoms with Crippen LogP contribution in [0.1, 0.15) is 13.3 Å². The lowest BCUT2D eigenvalue weighted by molar-refractivity contribution is -0.401. The summed E-state index contributed by atoms with van der Waals surface area (Å²) in [5, 5.41) is 13.5. The third kappa shape index (κ3) is 4.99. The largest absolute Gasteiger partial charge is 0.442 e. The maximum absolute atomic E-state index is 15.0. The van der Waals surface area contributed by atoms with Crippen LogP contribution >= 0.6 is 0 Å². The van der Waals surface area contributed by atoms with E-state index in [1.165, 1.54) is 24.0 Å². The summed E-state index contributed by atoms with van der Waals surface area (Å²) in [6.07, 6.45) is -0.382. The summed E-state index contributed by atoms with van der Waals surface area (Å²) in [6, 6.07) is 7.49. The van der Waals surface area contributed by atoms with Gasteiger partial charge in [0.2, 0.25) is 11.8 Å². The van der Waals surface area contributed by atoms with E-state index in [0.717, 1.165) is 0 Å². The topological polar surface area (TPSA) is 121 Å². The van der Waals surface area contributed by atoms with Crippen molar-refractivity contribution in [2.45, 2.75) is 19.4 Å². The Morgan fingerprint density at radius 3 is 2.67 bits per heavy atom. The average molecular weight is 461 g/mol. The van der Waals surface area contributed by atoms with E-state index in [1.807, 2.05) is 9.80 Å². The second kappa shape index (κ2) is 9.35. The van der Waals surface area contributed by atoms with Crippen LogP contribution < -0.4 is 20.0 Å². The molecule has 0 aliphatic carbocycles. The molecule has 0 bridgehead atoms. The van der Waals surface area contributed by atoms with Gasteiger partial charge in [0.25, 0.3) is 0 Å². The van der Waals surface area contributed by atoms with Crippen molar-refractivity contribution in [3.05, 3.63) is 46.3 Å². The Morgan fingerprint density at radius 2 is 1.97 bits per heavy atom. The fourth-order valence-corrected chi connectivity index (χ4v) is 3.98. The predicted octanol–water partition coefficient (Wildman–Crippen LogP) is 2.50. The van der Waals surface area contributed by atoms with E-state index in [-0.39, 0.29) is 24.9 Å². The summed E-state index contributed by atoms with van der Waals surface area (Å²) in [7, 11) is 0. The van der Waals surface area contributed by atoms with E-state index in [2.05, 4.69) is 5.32 Å². The molecule has 2 fully saturated rings. The molecule has 3 heterocycles. The molecule has 12 heteroatoms. The molecule has 2 amide bonds. The molecule has 11 nitrogen and oxygen atoms in total. The van der Waals surface area contributed by atoms with Gasteiger partial charge < -0.3 is 24.3 Å². The minimum atomic E-state index is -0.588. The lowest BCUT2D eigenvalue weighted by Crippen LogP contribution is -2.33. The first-order chi connectivity index (χ1) is 15.8. The number of furan rings is 1. The molecule has 176 valence electrons. The van der Waals surface area contributed by atoms with Crippen LogP contribution in [0.3, 0.4) is 0 Å². The molecule has 2 aliphatic rings. The SMILES string of the molecule is CC(=O)NCC1CN(c2ccc(N3CCCN(c4ccc([N+](=O)[O-])o4)CC3)c(F)c2)C(=O)O1. The monoisotopic (exact) mass is 461 g/mol. The van der Waals surface area contributed by atoms with Gasteiger partial charge in [0, 0.05) is 39.2 Å². The van der Waals surface area contributed by atoms with Gasteiger partial charge in [-0.3, -0.25) is 19.8 Å². The molecule has 2 aliphatic heterocycles. The van der Waals surface area contributed by atoms with E-state index in [9.17, 15) is 19.7 Å². The molecule has 2 aromatic rings. The zero-order chi connectivity index (χ0) is 23.5. The summed E-state index contributed by atoms with van der Waals surface area (Å²) in [5.41, 5.74) is 0.791. The van der Waals surface area contributed by atoms with E-state index < -0.39 is 22.9 Å². The molecule has 1 aromatic carbocycles. The number of rotatable bonds is 6. The second-order valence-corrected chi connectivity index (χ2v) is 7.89. The molecule has 0 spiro atoms. The van der Waals surface area contributed by atoms with Crippen LogP contribution in [0, 0.1) is 15.9 Å². The van der Waals surface area contributed by atoms with Crippen molar-refractivity contribution in [1.29, 1.82) is 0 Å². The summed E-state index contributed by atoms with van der Waals surface area (Å²) in [5.74, 6) is -0.581. The molecule has 1 aromatic heterocycles. The number of cyclic esters (lactones) is 1. The molecular formula is C21H24FN5O6. The zero-order valence-electron chi connectivity index (χ0n) is 18.0. The van der Waals surface area contributed by atoms with Crippen molar-refractivity contribution >= 4 is 35.1 Å². The first-order valence-corrected chi connectivity index (χ1v) is 10.6. The number of anilines is 3. The van der Waals surface area contributed by atoms with Crippen molar-refractivity contribution in [3.8, 4) is 0 Å². The van der Waals surface area contributed by atoms with Crippen LogP contribution in [-0.2, 0) is 9.53 Å². The highest BCUT2D eigenvalue weighted by atomic mass is 19.1. The van der Waals surface area contributed by atoms with Gasteiger partial charge in [-0.2, -0.15) is 0 Å². The summed E-state index contributed by atoms with van der Waals surface area (Å²) >= 11 is 0. The maximum atomic E-state index is 15.0. The number of benzene rings is 1. The van der Waals surface area contributed by atoms with Gasteiger partial charge in [0.05, 0.1) is 30.5 Å². The third-order valence-electron chi connectivity index (χ3n) is 5.60. The van der Waals surface area contributed by atoms with Gasteiger partial charge in [-0.25, -0.2) is 9.18 Å². The van der Waals surface area contributed by atoms with Crippen molar-refractivity contribution in [2.75, 3.05) is 54.0 Å². The number of carbonyl (C=O) groups excluding carboxylic acids is 2. The van der Waals surface area contributed by atoms with Gasteiger partial charge >= 0.3 is 12.0 Å². The smallest absolute Gasteiger partial charge is 0.434 e. The highest BCUT2D eigenvalue weighted by molar-refractivity contribution is 5.90. The quantitative estimate of drug-likeness (QED) is 0.515. The van der Waals surface area contributed by atoms with Crippen LogP contribution in [0.4, 0.5) is 32.3 Å². The highest BCUT2D eigenvalue weighted by Crippen LogP contribution is 2.30. The highest BCUT2D eigenvalue weighted by Gasteiger charge is 2.33. The number of hydrogen-bond acceptors (Lipinski definition) is 8. The molecule has 33 heavy (non-hydrogen) atoms. The number of halogens is 1. The number of nitrogens with one attached hydrogen (secondary N) is 1. The van der Waals surface area contributed by atoms with Crippen molar-refractivity contribution < 1.29 is 28.1 Å². The molecule has 4 rings (SSSR count). The zero-order valence-corrected chi connectivity index (χ0v) is 18.0. The number of nitro groups is 1. The average Bonchev–Trinajstić information content (AvgIpc) is 3.33. The molecular weight excluding hydrogens is 437 g/mol. The summed E-state index contributed by atoms with van der Waals surface area (Å²) in [6.45, 7) is 4.01. The minimum absolute atomic E-state index is 0.196. The van der Waals surface area contributed by atoms with Gasteiger partial charge in [-0.1, -0.05) is 0 Å². The standard InChI is InChI=1S/C21H24FN5O6/c1-14(28)23-12-16-13-26(21(29)32-16)15-3-4-18(17(22)11-15)24-7-2-8-25(10-9-24)19-5-6-20(33-19)27(30)31/h3-6,11,16H,2,7-10,12-13H2,1H3,(H,23,28). The Hall–Kier alpha value is -3.83. The third-order valence-corrected chi connectivity index (χ3v) is 5.60. The lowest BCUT2D eigenvalue weighted by Gasteiger charge is -2.24. The van der Waals surface area contributed by atoms with Crippen LogP contribution in [0.25, 0.3) is 0 Å². The molecule has 0 saturated carbocycles. The van der Waals surface area contributed by atoms with E-state index in [4.69, 9.17) is 9.15 Å². The maximum Gasteiger partial charge on any atom is 0.434 e. The van der Waals surface area contributed by atoms with Crippen LogP contribution in [0.5, 0.6) is 0 Å². The second-order valence-electron chi connectivity index (χ2n) is 7.89. The lowest BCUT2D eigenvalue weighted by atomic mass is 10.2. The van der Waals surface area contributed by atoms with Crippen molar-refractivity contribution in [1.82, 2.24) is 5.32 Å². The number of amides is 2. The Labute approximate surface area is 188 Å². The molecule has 0 radical (unpaired) electrons. The normalized spacial score (nSPS) is 18.8. The fraction of sp³-hybridized carbons (Fsp3) is 0.429. The number of carbonyl (C=O) groups is 2. The number of hydrogen-bond donors (Lipinski definition) is 1. The Kier molecular flexibility index (Phi) is 6.33. The van der Waals surface area contributed by atoms with Gasteiger partial charge in [0.1, 0.15) is 16.8 Å². The minimum Gasteiger partial charge on any atom is -0.442 e. The van der Waals surface area contributed by atoms with E-state index >= 15 is 4.39 Å². The van der Waals surface area contributed by atoms with Crippen molar-refractivity contribution in [2.24, 2.45) is 0 Å². The summed E-state index contributed by atoms with van der Waals surface area (Å²) in [4.78, 5) is 38.7. The predicted molar refractivity (Wildman–Crippen MR) is 117 cm³/mol. The van der Waals surface area contributed by atoms with E-state index in [1.54, 1.807) is 18.2 Å². The molecule has 1 unspecified atom stereocenters. The first-order valence-electron chi connectivity index (χ1n) is 10.6. The Morgan fingerprint density at radius 1 is 1.21 bits per heavy atom.